The lowest BCUT2D eigenvalue weighted by Gasteiger charge is -2.18. The van der Waals surface area contributed by atoms with Crippen molar-refractivity contribution in [2.24, 2.45) is 0 Å². The minimum atomic E-state index is -0.276. The first kappa shape index (κ1) is 14.9. The number of benzene rings is 2. The van der Waals surface area contributed by atoms with Gasteiger partial charge in [0, 0.05) is 12.2 Å². The van der Waals surface area contributed by atoms with Gasteiger partial charge in [0.05, 0.1) is 24.4 Å². The number of methoxy groups -OCH3 is 1. The molecular weight excluding hydrogens is 290 g/mol. The fourth-order valence-electron chi connectivity index (χ4n) is 2.74. The van der Waals surface area contributed by atoms with E-state index in [1.807, 2.05) is 36.4 Å². The number of ether oxygens (including phenoxy) is 1. The first-order valence-electron chi connectivity index (χ1n) is 7.44. The molecule has 3 rings (SSSR count). The Labute approximate surface area is 135 Å². The SMILES string of the molecule is COc1ccccc1N[C@@H]1CCN(c2ccc(C#N)cc2)C1=O. The Balaban J connectivity index is 1.75. The number of amides is 1. The number of hydrogen-bond acceptors (Lipinski definition) is 4. The minimum Gasteiger partial charge on any atom is -0.495 e. The van der Waals surface area contributed by atoms with Crippen LogP contribution in [0.15, 0.2) is 48.5 Å². The number of rotatable bonds is 4. The van der Waals surface area contributed by atoms with Gasteiger partial charge in [0.25, 0.3) is 0 Å². The van der Waals surface area contributed by atoms with Gasteiger partial charge in [-0.15, -0.1) is 0 Å². The Morgan fingerprint density at radius 2 is 1.96 bits per heavy atom. The van der Waals surface area contributed by atoms with Crippen LogP contribution < -0.4 is 15.0 Å². The van der Waals surface area contributed by atoms with Crippen LogP contribution in [0.5, 0.6) is 5.75 Å². The van der Waals surface area contributed by atoms with Crippen molar-refractivity contribution in [3.8, 4) is 11.8 Å². The molecule has 23 heavy (non-hydrogen) atoms. The van der Waals surface area contributed by atoms with E-state index in [1.165, 1.54) is 0 Å². The van der Waals surface area contributed by atoms with Gasteiger partial charge in [-0.05, 0) is 42.8 Å². The highest BCUT2D eigenvalue weighted by molar-refractivity contribution is 6.01. The van der Waals surface area contributed by atoms with E-state index in [0.717, 1.165) is 23.5 Å². The molecule has 5 nitrogen and oxygen atoms in total. The van der Waals surface area contributed by atoms with Crippen LogP contribution in [0.25, 0.3) is 0 Å². The van der Waals surface area contributed by atoms with Crippen LogP contribution in [0, 0.1) is 11.3 Å². The molecule has 1 atom stereocenters. The van der Waals surface area contributed by atoms with Crippen molar-refractivity contribution in [2.45, 2.75) is 12.5 Å². The van der Waals surface area contributed by atoms with E-state index < -0.39 is 0 Å². The summed E-state index contributed by atoms with van der Waals surface area (Å²) in [6.45, 7) is 0.650. The van der Waals surface area contributed by atoms with E-state index in [-0.39, 0.29) is 11.9 Å². The van der Waals surface area contributed by atoms with Gasteiger partial charge >= 0.3 is 0 Å². The van der Waals surface area contributed by atoms with Crippen LogP contribution in [0.3, 0.4) is 0 Å². The molecule has 1 heterocycles. The quantitative estimate of drug-likeness (QED) is 0.943. The number of nitriles is 1. The highest BCUT2D eigenvalue weighted by Gasteiger charge is 2.32. The van der Waals surface area contributed by atoms with E-state index in [4.69, 9.17) is 10.00 Å². The Bertz CT molecular complexity index is 750. The zero-order valence-corrected chi connectivity index (χ0v) is 12.8. The van der Waals surface area contributed by atoms with E-state index in [9.17, 15) is 4.79 Å². The number of nitrogens with one attached hydrogen (secondary N) is 1. The van der Waals surface area contributed by atoms with Crippen molar-refractivity contribution < 1.29 is 9.53 Å². The second-order valence-electron chi connectivity index (χ2n) is 5.33. The van der Waals surface area contributed by atoms with Gasteiger partial charge in [0.2, 0.25) is 5.91 Å². The summed E-state index contributed by atoms with van der Waals surface area (Å²) in [4.78, 5) is 14.4. The van der Waals surface area contributed by atoms with Crippen molar-refractivity contribution >= 4 is 17.3 Å². The summed E-state index contributed by atoms with van der Waals surface area (Å²) >= 11 is 0. The van der Waals surface area contributed by atoms with Crippen LogP contribution in [-0.2, 0) is 4.79 Å². The Kier molecular flexibility index (Phi) is 4.15. The standard InChI is InChI=1S/C18H17N3O2/c1-23-17-5-3-2-4-15(17)20-16-10-11-21(18(16)22)14-8-6-13(12-19)7-9-14/h2-9,16,20H,10-11H2,1H3/t16-/m1/s1. The predicted molar refractivity (Wildman–Crippen MR) is 88.5 cm³/mol. The molecule has 0 unspecified atom stereocenters. The van der Waals surface area contributed by atoms with Crippen molar-refractivity contribution in [3.05, 3.63) is 54.1 Å². The highest BCUT2D eigenvalue weighted by atomic mass is 16.5. The highest BCUT2D eigenvalue weighted by Crippen LogP contribution is 2.28. The summed E-state index contributed by atoms with van der Waals surface area (Å²) < 4.78 is 5.31. The second kappa shape index (κ2) is 6.41. The van der Waals surface area contributed by atoms with Gasteiger partial charge in [0.15, 0.2) is 0 Å². The third-order valence-corrected chi connectivity index (χ3v) is 3.95. The Hall–Kier alpha value is -3.00. The van der Waals surface area contributed by atoms with Gasteiger partial charge in [0.1, 0.15) is 11.8 Å². The fraction of sp³-hybridized carbons (Fsp3) is 0.222. The van der Waals surface area contributed by atoms with E-state index in [2.05, 4.69) is 11.4 Å². The summed E-state index contributed by atoms with van der Waals surface area (Å²) in [5.74, 6) is 0.748. The molecule has 2 aromatic carbocycles. The second-order valence-corrected chi connectivity index (χ2v) is 5.33. The summed E-state index contributed by atoms with van der Waals surface area (Å²) in [6, 6.07) is 16.4. The molecular formula is C18H17N3O2. The van der Waals surface area contributed by atoms with Crippen molar-refractivity contribution in [2.75, 3.05) is 23.9 Å². The summed E-state index contributed by atoms with van der Waals surface area (Å²) in [5, 5.41) is 12.1. The summed E-state index contributed by atoms with van der Waals surface area (Å²) in [5.41, 5.74) is 2.22. The van der Waals surface area contributed by atoms with Gasteiger partial charge in [-0.3, -0.25) is 4.79 Å². The number of carbonyl (C=O) groups excluding carboxylic acids is 1. The monoisotopic (exact) mass is 307 g/mol. The van der Waals surface area contributed by atoms with Crippen LogP contribution in [-0.4, -0.2) is 25.6 Å². The van der Waals surface area contributed by atoms with Crippen LogP contribution in [0.1, 0.15) is 12.0 Å². The number of para-hydroxylation sites is 2. The third kappa shape index (κ3) is 2.97. The lowest BCUT2D eigenvalue weighted by molar-refractivity contribution is -0.117. The molecule has 1 fully saturated rings. The minimum absolute atomic E-state index is 0.0283. The largest absolute Gasteiger partial charge is 0.495 e. The average Bonchev–Trinajstić information content (AvgIpc) is 2.96. The molecule has 0 bridgehead atoms. The van der Waals surface area contributed by atoms with E-state index in [0.29, 0.717) is 12.1 Å². The van der Waals surface area contributed by atoms with Crippen molar-refractivity contribution in [1.82, 2.24) is 0 Å². The Morgan fingerprint density at radius 3 is 2.65 bits per heavy atom. The maximum Gasteiger partial charge on any atom is 0.249 e. The first-order valence-corrected chi connectivity index (χ1v) is 7.44. The molecule has 1 aliphatic heterocycles. The number of nitrogens with zero attached hydrogens (tertiary/aromatic N) is 2. The lowest BCUT2D eigenvalue weighted by Crippen LogP contribution is -2.33. The number of carbonyl (C=O) groups is 1. The van der Waals surface area contributed by atoms with Gasteiger partial charge in [-0.25, -0.2) is 0 Å². The normalized spacial score (nSPS) is 17.0. The average molecular weight is 307 g/mol. The maximum absolute atomic E-state index is 12.6. The van der Waals surface area contributed by atoms with Gasteiger partial charge in [-0.1, -0.05) is 12.1 Å². The molecule has 1 amide bonds. The molecule has 0 radical (unpaired) electrons. The molecule has 1 saturated heterocycles. The van der Waals surface area contributed by atoms with Gasteiger partial charge in [-0.2, -0.15) is 5.26 Å². The van der Waals surface area contributed by atoms with Crippen molar-refractivity contribution in [3.63, 3.8) is 0 Å². The Morgan fingerprint density at radius 1 is 1.22 bits per heavy atom. The molecule has 116 valence electrons. The molecule has 0 aromatic heterocycles. The number of hydrogen-bond donors (Lipinski definition) is 1. The topological polar surface area (TPSA) is 65.4 Å². The predicted octanol–water partition coefficient (Wildman–Crippen LogP) is 2.78. The van der Waals surface area contributed by atoms with Crippen LogP contribution in [0.2, 0.25) is 0 Å². The maximum atomic E-state index is 12.6. The molecule has 5 heteroatoms. The molecule has 1 aliphatic rings. The molecule has 2 aromatic rings. The zero-order valence-electron chi connectivity index (χ0n) is 12.8. The molecule has 0 spiro atoms. The summed E-state index contributed by atoms with van der Waals surface area (Å²) in [6.07, 6.45) is 0.719. The first-order chi connectivity index (χ1) is 11.2. The molecule has 0 saturated carbocycles. The number of anilines is 2. The van der Waals surface area contributed by atoms with E-state index >= 15 is 0 Å². The fourth-order valence-corrected chi connectivity index (χ4v) is 2.74. The van der Waals surface area contributed by atoms with Crippen LogP contribution in [0.4, 0.5) is 11.4 Å². The lowest BCUT2D eigenvalue weighted by atomic mass is 10.2. The van der Waals surface area contributed by atoms with E-state index in [1.54, 1.807) is 24.1 Å². The summed E-state index contributed by atoms with van der Waals surface area (Å²) in [7, 11) is 1.61. The van der Waals surface area contributed by atoms with Crippen molar-refractivity contribution in [1.29, 1.82) is 5.26 Å². The van der Waals surface area contributed by atoms with Crippen LogP contribution >= 0.6 is 0 Å². The molecule has 1 N–H and O–H groups in total. The zero-order chi connectivity index (χ0) is 16.2. The van der Waals surface area contributed by atoms with Gasteiger partial charge < -0.3 is 15.0 Å². The third-order valence-electron chi connectivity index (χ3n) is 3.95. The smallest absolute Gasteiger partial charge is 0.249 e. The molecule has 0 aliphatic carbocycles.